The molecule has 130 valence electrons. The second-order valence-corrected chi connectivity index (χ2v) is 7.25. The molecule has 1 aliphatic rings. The Hall–Kier alpha value is -1.86. The van der Waals surface area contributed by atoms with E-state index in [4.69, 9.17) is 21.1 Å². The van der Waals surface area contributed by atoms with E-state index in [1.165, 1.54) is 0 Å². The van der Waals surface area contributed by atoms with Gasteiger partial charge in [0.05, 0.1) is 25.4 Å². The summed E-state index contributed by atoms with van der Waals surface area (Å²) in [6.07, 6.45) is 4.35. The average Bonchev–Trinajstić information content (AvgIpc) is 2.91. The Labute approximate surface area is 145 Å². The van der Waals surface area contributed by atoms with Crippen molar-refractivity contribution >= 4 is 23.2 Å². The summed E-state index contributed by atoms with van der Waals surface area (Å²) in [5.41, 5.74) is 0.171. The van der Waals surface area contributed by atoms with Crippen LogP contribution in [0.5, 0.6) is 0 Å². The molecule has 0 N–H and O–H groups in total. The van der Waals surface area contributed by atoms with Gasteiger partial charge in [-0.1, -0.05) is 11.6 Å². The van der Waals surface area contributed by atoms with Gasteiger partial charge in [0.25, 0.3) is 0 Å². The highest BCUT2D eigenvalue weighted by atomic mass is 35.5. The van der Waals surface area contributed by atoms with Crippen molar-refractivity contribution < 1.29 is 14.3 Å². The van der Waals surface area contributed by atoms with E-state index in [2.05, 4.69) is 9.97 Å². The summed E-state index contributed by atoms with van der Waals surface area (Å²) in [6, 6.07) is -0.0624. The van der Waals surface area contributed by atoms with Gasteiger partial charge in [-0.25, -0.2) is 14.8 Å². The number of aromatic nitrogens is 3. The number of hydrogen-bond acceptors (Lipinski definition) is 5. The Morgan fingerprint density at radius 2 is 2.17 bits per heavy atom. The van der Waals surface area contributed by atoms with Crippen molar-refractivity contribution in [1.82, 2.24) is 19.3 Å². The molecule has 3 heterocycles. The molecular formula is C16H21ClN4O3. The van der Waals surface area contributed by atoms with Gasteiger partial charge < -0.3 is 14.4 Å². The van der Waals surface area contributed by atoms with Crippen LogP contribution in [0.1, 0.15) is 39.6 Å². The lowest BCUT2D eigenvalue weighted by atomic mass is 10.2. The van der Waals surface area contributed by atoms with E-state index in [-0.39, 0.29) is 18.2 Å². The van der Waals surface area contributed by atoms with Crippen molar-refractivity contribution in [3.63, 3.8) is 0 Å². The number of hydrogen-bond donors (Lipinski definition) is 0. The Balaban J connectivity index is 1.84. The first-order chi connectivity index (χ1) is 11.3. The molecule has 2 aromatic heterocycles. The van der Waals surface area contributed by atoms with Gasteiger partial charge in [0.15, 0.2) is 5.15 Å². The third kappa shape index (κ3) is 3.32. The van der Waals surface area contributed by atoms with Crippen molar-refractivity contribution in [1.29, 1.82) is 0 Å². The summed E-state index contributed by atoms with van der Waals surface area (Å²) in [7, 11) is 0. The molecule has 0 bridgehead atoms. The Kier molecular flexibility index (Phi) is 4.40. The van der Waals surface area contributed by atoms with Crippen molar-refractivity contribution in [3.8, 4) is 0 Å². The van der Waals surface area contributed by atoms with Crippen molar-refractivity contribution in [2.45, 2.75) is 45.4 Å². The van der Waals surface area contributed by atoms with Crippen LogP contribution < -0.4 is 0 Å². The van der Waals surface area contributed by atoms with Crippen molar-refractivity contribution in [2.75, 3.05) is 13.2 Å². The number of morpholine rings is 1. The fourth-order valence-corrected chi connectivity index (χ4v) is 2.84. The van der Waals surface area contributed by atoms with Gasteiger partial charge in [0.1, 0.15) is 23.0 Å². The summed E-state index contributed by atoms with van der Waals surface area (Å²) in [4.78, 5) is 22.6. The first-order valence-corrected chi connectivity index (χ1v) is 8.23. The molecule has 1 saturated heterocycles. The van der Waals surface area contributed by atoms with Crippen molar-refractivity contribution in [2.24, 2.45) is 0 Å². The number of carbonyl (C=O) groups is 1. The van der Waals surface area contributed by atoms with E-state index in [1.807, 2.05) is 32.1 Å². The van der Waals surface area contributed by atoms with Crippen molar-refractivity contribution in [3.05, 3.63) is 29.6 Å². The topological polar surface area (TPSA) is 69.0 Å². The molecule has 0 unspecified atom stereocenters. The third-order valence-electron chi connectivity index (χ3n) is 3.79. The number of nitrogens with zero attached hydrogens (tertiary/aromatic N) is 4. The van der Waals surface area contributed by atoms with E-state index in [0.717, 1.165) is 0 Å². The monoisotopic (exact) mass is 352 g/mol. The number of fused-ring (bicyclic) bond motifs is 1. The van der Waals surface area contributed by atoms with Gasteiger partial charge in [0, 0.05) is 12.4 Å². The van der Waals surface area contributed by atoms with E-state index in [0.29, 0.717) is 29.6 Å². The largest absolute Gasteiger partial charge is 0.444 e. The fourth-order valence-electron chi connectivity index (χ4n) is 2.64. The highest BCUT2D eigenvalue weighted by molar-refractivity contribution is 6.32. The molecule has 3 rings (SSSR count). The number of ether oxygens (including phenoxy) is 2. The Morgan fingerprint density at radius 1 is 1.42 bits per heavy atom. The molecule has 24 heavy (non-hydrogen) atoms. The molecule has 1 amide bonds. The average molecular weight is 353 g/mol. The molecular weight excluding hydrogens is 332 g/mol. The van der Waals surface area contributed by atoms with Crippen LogP contribution in [0, 0.1) is 0 Å². The minimum absolute atomic E-state index is 0.0624. The van der Waals surface area contributed by atoms with E-state index >= 15 is 0 Å². The zero-order chi connectivity index (χ0) is 17.5. The molecule has 0 aromatic carbocycles. The number of amides is 1. The molecule has 0 saturated carbocycles. The highest BCUT2D eigenvalue weighted by Crippen LogP contribution is 2.27. The standard InChI is InChI=1S/C16H21ClN4O3/c1-10-9-23-12(8-21(10)15(22)24-16(2,3)4)14-19-7-11-13(17)18-5-6-20(11)14/h5-7,10,12H,8-9H2,1-4H3/t10-,12-/m0/s1. The van der Waals surface area contributed by atoms with Crippen LogP contribution in [0.15, 0.2) is 18.6 Å². The lowest BCUT2D eigenvalue weighted by Crippen LogP contribution is -2.50. The van der Waals surface area contributed by atoms with E-state index in [1.54, 1.807) is 23.5 Å². The number of rotatable bonds is 1. The van der Waals surface area contributed by atoms with Crippen LogP contribution in [0.4, 0.5) is 4.79 Å². The van der Waals surface area contributed by atoms with Crippen LogP contribution in [0.25, 0.3) is 5.52 Å². The first-order valence-electron chi connectivity index (χ1n) is 7.85. The number of imidazole rings is 1. The number of halogens is 1. The first kappa shape index (κ1) is 17.0. The smallest absolute Gasteiger partial charge is 0.410 e. The molecule has 7 nitrogen and oxygen atoms in total. The number of carbonyl (C=O) groups excluding carboxylic acids is 1. The van der Waals surface area contributed by atoms with E-state index < -0.39 is 5.60 Å². The summed E-state index contributed by atoms with van der Waals surface area (Å²) >= 11 is 6.09. The molecule has 0 spiro atoms. The van der Waals surface area contributed by atoms with Crippen LogP contribution in [-0.4, -0.2) is 50.2 Å². The quantitative estimate of drug-likeness (QED) is 0.788. The molecule has 2 aromatic rings. The summed E-state index contributed by atoms with van der Waals surface area (Å²) in [5, 5.41) is 0.379. The van der Waals surface area contributed by atoms with Gasteiger partial charge >= 0.3 is 6.09 Å². The van der Waals surface area contributed by atoms with E-state index in [9.17, 15) is 4.79 Å². The lowest BCUT2D eigenvalue weighted by Gasteiger charge is -2.38. The van der Waals surface area contributed by atoms with Gasteiger partial charge in [-0.3, -0.25) is 4.40 Å². The summed E-state index contributed by atoms with van der Waals surface area (Å²) in [6.45, 7) is 8.27. The van der Waals surface area contributed by atoms with Crippen LogP contribution >= 0.6 is 11.6 Å². The Bertz CT molecular complexity index is 755. The van der Waals surface area contributed by atoms with Crippen LogP contribution in [-0.2, 0) is 9.47 Å². The molecule has 0 radical (unpaired) electrons. The maximum atomic E-state index is 12.4. The maximum absolute atomic E-state index is 12.4. The fraction of sp³-hybridized carbons (Fsp3) is 0.562. The van der Waals surface area contributed by atoms with Gasteiger partial charge in [-0.05, 0) is 27.7 Å². The summed E-state index contributed by atoms with van der Waals surface area (Å²) in [5.74, 6) is 0.690. The minimum atomic E-state index is -0.538. The van der Waals surface area contributed by atoms with Crippen LogP contribution in [0.2, 0.25) is 5.15 Å². The summed E-state index contributed by atoms with van der Waals surface area (Å²) < 4.78 is 13.2. The van der Waals surface area contributed by atoms with Crippen LogP contribution in [0.3, 0.4) is 0 Å². The second kappa shape index (κ2) is 6.22. The lowest BCUT2D eigenvalue weighted by molar-refractivity contribution is -0.0698. The van der Waals surface area contributed by atoms with Gasteiger partial charge in [-0.15, -0.1) is 0 Å². The zero-order valence-electron chi connectivity index (χ0n) is 14.2. The molecule has 1 fully saturated rings. The Morgan fingerprint density at radius 3 is 2.88 bits per heavy atom. The highest BCUT2D eigenvalue weighted by Gasteiger charge is 2.35. The maximum Gasteiger partial charge on any atom is 0.410 e. The SMILES string of the molecule is C[C@H]1CO[C@H](c2ncc3c(Cl)nccn23)CN1C(=O)OC(C)(C)C. The molecule has 1 aliphatic heterocycles. The third-order valence-corrected chi connectivity index (χ3v) is 4.08. The van der Waals surface area contributed by atoms with Gasteiger partial charge in [0.2, 0.25) is 0 Å². The molecule has 2 atom stereocenters. The second-order valence-electron chi connectivity index (χ2n) is 6.89. The zero-order valence-corrected chi connectivity index (χ0v) is 14.9. The predicted octanol–water partition coefficient (Wildman–Crippen LogP) is 3.08. The van der Waals surface area contributed by atoms with Gasteiger partial charge in [-0.2, -0.15) is 0 Å². The predicted molar refractivity (Wildman–Crippen MR) is 89.1 cm³/mol. The molecule has 8 heteroatoms. The molecule has 0 aliphatic carbocycles. The minimum Gasteiger partial charge on any atom is -0.444 e. The normalized spacial score (nSPS) is 22.0.